The molecule has 0 aliphatic carbocycles. The molecule has 0 spiro atoms. The van der Waals surface area contributed by atoms with Crippen LogP contribution in [0.4, 0.5) is 0 Å². The number of hydrogen-bond donors (Lipinski definition) is 0. The van der Waals surface area contributed by atoms with Gasteiger partial charge in [-0.2, -0.15) is 0 Å². The average molecular weight is 416 g/mol. The summed E-state index contributed by atoms with van der Waals surface area (Å²) in [6.07, 6.45) is 3.52. The van der Waals surface area contributed by atoms with Crippen molar-refractivity contribution in [3.05, 3.63) is 64.5 Å². The highest BCUT2D eigenvalue weighted by molar-refractivity contribution is 7.91. The Bertz CT molecular complexity index is 1080. The molecule has 7 heteroatoms. The highest BCUT2D eigenvalue weighted by atomic mass is 32.2. The van der Waals surface area contributed by atoms with Crippen molar-refractivity contribution in [2.24, 2.45) is 0 Å². The fourth-order valence-electron chi connectivity index (χ4n) is 3.79. The van der Waals surface area contributed by atoms with Crippen molar-refractivity contribution in [2.45, 2.75) is 33.2 Å². The average Bonchev–Trinajstić information content (AvgIpc) is 3.17. The number of hydrogen-bond acceptors (Lipinski definition) is 5. The van der Waals surface area contributed by atoms with E-state index in [-0.39, 0.29) is 29.9 Å². The smallest absolute Gasteiger partial charge is 0.331 e. The lowest BCUT2D eigenvalue weighted by molar-refractivity contribution is -0.136. The molecular weight excluding hydrogens is 390 g/mol. The minimum atomic E-state index is -3.02. The Hall–Kier alpha value is -2.67. The van der Waals surface area contributed by atoms with Crippen LogP contribution in [0.15, 0.2) is 36.4 Å². The molecular formula is C22H25NO5S. The SMILES string of the molecule is Cc1ccccc1/C=C/C(=O)OCC(=O)c1cc(C)n([C@H]2CCS(=O)(=O)C2)c1C. The Morgan fingerprint density at radius 1 is 1.21 bits per heavy atom. The van der Waals surface area contributed by atoms with Gasteiger partial charge in [0.2, 0.25) is 5.78 Å². The van der Waals surface area contributed by atoms with E-state index in [1.807, 2.05) is 42.7 Å². The summed E-state index contributed by atoms with van der Waals surface area (Å²) in [4.78, 5) is 24.5. The summed E-state index contributed by atoms with van der Waals surface area (Å²) in [6.45, 7) is 5.24. The van der Waals surface area contributed by atoms with E-state index in [1.54, 1.807) is 19.1 Å². The number of sulfone groups is 1. The largest absolute Gasteiger partial charge is 0.454 e. The van der Waals surface area contributed by atoms with Crippen LogP contribution in [-0.4, -0.2) is 42.9 Å². The van der Waals surface area contributed by atoms with Crippen molar-refractivity contribution in [1.29, 1.82) is 0 Å². The molecule has 2 aromatic rings. The zero-order chi connectivity index (χ0) is 21.2. The van der Waals surface area contributed by atoms with Gasteiger partial charge in [0.05, 0.1) is 11.5 Å². The van der Waals surface area contributed by atoms with E-state index in [9.17, 15) is 18.0 Å². The fourth-order valence-corrected chi connectivity index (χ4v) is 5.49. The summed E-state index contributed by atoms with van der Waals surface area (Å²) in [5, 5.41) is 0. The Morgan fingerprint density at radius 3 is 2.59 bits per heavy atom. The van der Waals surface area contributed by atoms with E-state index >= 15 is 0 Å². The maximum atomic E-state index is 12.6. The quantitative estimate of drug-likeness (QED) is 0.411. The second kappa shape index (κ2) is 8.37. The summed E-state index contributed by atoms with van der Waals surface area (Å²) < 4.78 is 30.6. The molecule has 29 heavy (non-hydrogen) atoms. The zero-order valence-corrected chi connectivity index (χ0v) is 17.7. The number of ketones is 1. The number of ether oxygens (including phenoxy) is 1. The second-order valence-electron chi connectivity index (χ2n) is 7.43. The van der Waals surface area contributed by atoms with Crippen LogP contribution in [0.1, 0.15) is 45.3 Å². The highest BCUT2D eigenvalue weighted by Gasteiger charge is 2.31. The molecule has 2 heterocycles. The molecule has 1 aliphatic heterocycles. The molecule has 0 N–H and O–H groups in total. The van der Waals surface area contributed by atoms with Gasteiger partial charge in [0, 0.05) is 29.1 Å². The zero-order valence-electron chi connectivity index (χ0n) is 16.8. The molecule has 1 aliphatic rings. The molecule has 0 unspecified atom stereocenters. The van der Waals surface area contributed by atoms with Crippen LogP contribution in [0.2, 0.25) is 0 Å². The number of Topliss-reactive ketones (excluding diaryl/α,β-unsaturated/α-hetero) is 1. The first-order valence-corrected chi connectivity index (χ1v) is 11.3. The van der Waals surface area contributed by atoms with Crippen LogP contribution < -0.4 is 0 Å². The third-order valence-electron chi connectivity index (χ3n) is 5.29. The standard InChI is InChI=1S/C22H25NO5S/c1-15-6-4-5-7-18(15)8-9-22(25)28-13-21(24)20-12-16(2)23(17(20)3)19-10-11-29(26,27)14-19/h4-9,12,19H,10-11,13-14H2,1-3H3/b9-8+/t19-/m0/s1. The maximum absolute atomic E-state index is 12.6. The molecule has 0 saturated carbocycles. The van der Waals surface area contributed by atoms with Gasteiger partial charge in [0.1, 0.15) is 0 Å². The Morgan fingerprint density at radius 2 is 1.93 bits per heavy atom. The Kier molecular flexibility index (Phi) is 6.07. The van der Waals surface area contributed by atoms with E-state index in [0.29, 0.717) is 17.7 Å². The number of benzene rings is 1. The first kappa shape index (κ1) is 21.0. The van der Waals surface area contributed by atoms with Crippen molar-refractivity contribution >= 4 is 27.7 Å². The highest BCUT2D eigenvalue weighted by Crippen LogP contribution is 2.29. The van der Waals surface area contributed by atoms with Crippen molar-refractivity contribution in [2.75, 3.05) is 18.1 Å². The van der Waals surface area contributed by atoms with Crippen LogP contribution in [0.25, 0.3) is 6.08 Å². The second-order valence-corrected chi connectivity index (χ2v) is 9.66. The summed E-state index contributed by atoms with van der Waals surface area (Å²) in [7, 11) is -3.02. The monoisotopic (exact) mass is 415 g/mol. The molecule has 1 aromatic heterocycles. The number of esters is 1. The van der Waals surface area contributed by atoms with Crippen molar-refractivity contribution in [1.82, 2.24) is 4.57 Å². The number of carbonyl (C=O) groups excluding carboxylic acids is 2. The number of aryl methyl sites for hydroxylation is 2. The summed E-state index contributed by atoms with van der Waals surface area (Å²) in [6, 6.07) is 9.22. The third kappa shape index (κ3) is 4.85. The first-order chi connectivity index (χ1) is 13.7. The fraction of sp³-hybridized carbons (Fsp3) is 0.364. The molecule has 0 radical (unpaired) electrons. The summed E-state index contributed by atoms with van der Waals surface area (Å²) in [5.41, 5.74) is 3.95. The van der Waals surface area contributed by atoms with Gasteiger partial charge in [-0.1, -0.05) is 24.3 Å². The molecule has 1 fully saturated rings. The van der Waals surface area contributed by atoms with Crippen LogP contribution in [0.5, 0.6) is 0 Å². The molecule has 1 saturated heterocycles. The van der Waals surface area contributed by atoms with Crippen LogP contribution >= 0.6 is 0 Å². The third-order valence-corrected chi connectivity index (χ3v) is 7.04. The van der Waals surface area contributed by atoms with E-state index in [1.165, 1.54) is 6.08 Å². The van der Waals surface area contributed by atoms with Crippen molar-refractivity contribution in [3.63, 3.8) is 0 Å². The van der Waals surface area contributed by atoms with Gasteiger partial charge in [-0.05, 0) is 50.5 Å². The minimum Gasteiger partial charge on any atom is -0.454 e. The molecule has 0 bridgehead atoms. The van der Waals surface area contributed by atoms with Gasteiger partial charge < -0.3 is 9.30 Å². The van der Waals surface area contributed by atoms with Gasteiger partial charge in [-0.15, -0.1) is 0 Å². The number of carbonyl (C=O) groups is 2. The predicted molar refractivity (Wildman–Crippen MR) is 112 cm³/mol. The van der Waals surface area contributed by atoms with E-state index in [4.69, 9.17) is 4.74 Å². The molecule has 6 nitrogen and oxygen atoms in total. The molecule has 154 valence electrons. The van der Waals surface area contributed by atoms with Crippen LogP contribution in [0.3, 0.4) is 0 Å². The first-order valence-electron chi connectivity index (χ1n) is 9.50. The van der Waals surface area contributed by atoms with Gasteiger partial charge in [-0.25, -0.2) is 13.2 Å². The Balaban J connectivity index is 1.65. The number of aromatic nitrogens is 1. The van der Waals surface area contributed by atoms with Gasteiger partial charge in [0.25, 0.3) is 0 Å². The van der Waals surface area contributed by atoms with E-state index < -0.39 is 15.8 Å². The summed E-state index contributed by atoms with van der Waals surface area (Å²) >= 11 is 0. The normalized spacial score (nSPS) is 18.2. The van der Waals surface area contributed by atoms with Crippen LogP contribution in [0, 0.1) is 20.8 Å². The molecule has 1 atom stereocenters. The lowest BCUT2D eigenvalue weighted by Gasteiger charge is -2.16. The molecule has 1 aromatic carbocycles. The van der Waals surface area contributed by atoms with Crippen molar-refractivity contribution < 1.29 is 22.7 Å². The number of rotatable bonds is 6. The Labute approximate surface area is 171 Å². The molecule has 3 rings (SSSR count). The molecule has 0 amide bonds. The summed E-state index contributed by atoms with van der Waals surface area (Å²) in [5.74, 6) is -0.626. The van der Waals surface area contributed by atoms with Gasteiger partial charge in [-0.3, -0.25) is 4.79 Å². The van der Waals surface area contributed by atoms with Crippen LogP contribution in [-0.2, 0) is 19.4 Å². The topological polar surface area (TPSA) is 82.4 Å². The van der Waals surface area contributed by atoms with Gasteiger partial charge >= 0.3 is 5.97 Å². The minimum absolute atomic E-state index is 0.0929. The van der Waals surface area contributed by atoms with E-state index in [2.05, 4.69) is 0 Å². The lowest BCUT2D eigenvalue weighted by atomic mass is 10.1. The van der Waals surface area contributed by atoms with E-state index in [0.717, 1.165) is 16.8 Å². The number of nitrogens with zero attached hydrogens (tertiary/aromatic N) is 1. The lowest BCUT2D eigenvalue weighted by Crippen LogP contribution is -2.16. The van der Waals surface area contributed by atoms with Crippen molar-refractivity contribution in [3.8, 4) is 0 Å². The van der Waals surface area contributed by atoms with Gasteiger partial charge in [0.15, 0.2) is 16.4 Å². The maximum Gasteiger partial charge on any atom is 0.331 e. The predicted octanol–water partition coefficient (Wildman–Crippen LogP) is 3.21.